The molecular formula is C8H14ClNO4. The molecule has 0 heterocycles. The van der Waals surface area contributed by atoms with Gasteiger partial charge in [-0.15, -0.1) is 11.6 Å². The first-order valence-corrected chi connectivity index (χ1v) is 4.65. The van der Waals surface area contributed by atoms with E-state index in [9.17, 15) is 9.59 Å². The van der Waals surface area contributed by atoms with Gasteiger partial charge in [-0.3, -0.25) is 4.79 Å². The fourth-order valence-corrected chi connectivity index (χ4v) is 0.846. The molecule has 0 radical (unpaired) electrons. The summed E-state index contributed by atoms with van der Waals surface area (Å²) in [5.74, 6) is -1.31. The van der Waals surface area contributed by atoms with Crippen molar-refractivity contribution in [2.45, 2.75) is 13.0 Å². The minimum Gasteiger partial charge on any atom is -0.467 e. The Morgan fingerprint density at radius 2 is 2.14 bits per heavy atom. The Hall–Kier alpha value is -0.810. The number of carbonyl (C=O) groups excluding carboxylic acids is 2. The first-order chi connectivity index (χ1) is 6.56. The van der Waals surface area contributed by atoms with E-state index in [4.69, 9.17) is 16.7 Å². The molecule has 0 aliphatic rings. The number of halogens is 1. The van der Waals surface area contributed by atoms with Crippen LogP contribution in [0, 0.1) is 5.92 Å². The molecule has 0 aromatic heterocycles. The summed E-state index contributed by atoms with van der Waals surface area (Å²) in [5, 5.41) is 11.1. The molecule has 2 N–H and O–H groups in total. The van der Waals surface area contributed by atoms with Gasteiger partial charge in [-0.1, -0.05) is 6.92 Å². The highest BCUT2D eigenvalue weighted by Gasteiger charge is 2.22. The number of hydrogen-bond acceptors (Lipinski definition) is 4. The minimum atomic E-state index is -1.02. The number of esters is 1. The van der Waals surface area contributed by atoms with E-state index in [1.54, 1.807) is 6.92 Å². The first-order valence-electron chi connectivity index (χ1n) is 4.11. The van der Waals surface area contributed by atoms with Crippen LogP contribution < -0.4 is 5.32 Å². The van der Waals surface area contributed by atoms with Crippen molar-refractivity contribution in [1.29, 1.82) is 0 Å². The van der Waals surface area contributed by atoms with E-state index in [1.807, 2.05) is 0 Å². The number of aliphatic hydroxyl groups excluding tert-OH is 1. The van der Waals surface area contributed by atoms with Crippen molar-refractivity contribution in [1.82, 2.24) is 5.32 Å². The summed E-state index contributed by atoms with van der Waals surface area (Å²) in [4.78, 5) is 22.2. The standard InChI is InChI=1S/C8H14ClNO4/c1-5(3-9)7(12)10-6(4-11)8(13)14-2/h5-6,11H,3-4H2,1-2H3,(H,10,12). The van der Waals surface area contributed by atoms with E-state index in [0.717, 1.165) is 0 Å². The molecule has 2 unspecified atom stereocenters. The number of ether oxygens (including phenoxy) is 1. The third-order valence-corrected chi connectivity index (χ3v) is 2.13. The molecule has 0 saturated heterocycles. The molecule has 0 aliphatic carbocycles. The zero-order valence-electron chi connectivity index (χ0n) is 8.12. The maximum Gasteiger partial charge on any atom is 0.330 e. The molecule has 0 fully saturated rings. The van der Waals surface area contributed by atoms with Crippen molar-refractivity contribution < 1.29 is 19.4 Å². The number of rotatable bonds is 5. The van der Waals surface area contributed by atoms with Crippen LogP contribution in [-0.4, -0.2) is 42.6 Å². The molecule has 1 amide bonds. The highest BCUT2D eigenvalue weighted by molar-refractivity contribution is 6.19. The molecular weight excluding hydrogens is 210 g/mol. The first kappa shape index (κ1) is 13.2. The van der Waals surface area contributed by atoms with Crippen molar-refractivity contribution >= 4 is 23.5 Å². The second-order valence-corrected chi connectivity index (χ2v) is 3.13. The van der Waals surface area contributed by atoms with Gasteiger partial charge in [0, 0.05) is 11.8 Å². The molecule has 0 aliphatic heterocycles. The zero-order valence-corrected chi connectivity index (χ0v) is 8.87. The predicted octanol–water partition coefficient (Wildman–Crippen LogP) is -0.489. The van der Waals surface area contributed by atoms with Crippen molar-refractivity contribution in [3.63, 3.8) is 0 Å². The molecule has 0 aromatic rings. The number of hydrogen-bond donors (Lipinski definition) is 2. The molecule has 6 heteroatoms. The second kappa shape index (κ2) is 6.62. The van der Waals surface area contributed by atoms with Gasteiger partial charge in [0.1, 0.15) is 0 Å². The Balaban J connectivity index is 4.18. The van der Waals surface area contributed by atoms with Crippen LogP contribution in [0.25, 0.3) is 0 Å². The van der Waals surface area contributed by atoms with E-state index in [0.29, 0.717) is 0 Å². The molecule has 0 aromatic carbocycles. The zero-order chi connectivity index (χ0) is 11.1. The van der Waals surface area contributed by atoms with Gasteiger partial charge < -0.3 is 15.2 Å². The van der Waals surface area contributed by atoms with Crippen molar-refractivity contribution in [3.8, 4) is 0 Å². The van der Waals surface area contributed by atoms with Crippen LogP contribution in [0.4, 0.5) is 0 Å². The summed E-state index contributed by atoms with van der Waals surface area (Å²) in [7, 11) is 1.18. The number of aliphatic hydroxyl groups is 1. The molecule has 14 heavy (non-hydrogen) atoms. The van der Waals surface area contributed by atoms with Crippen molar-refractivity contribution in [2.24, 2.45) is 5.92 Å². The largest absolute Gasteiger partial charge is 0.467 e. The molecule has 0 bridgehead atoms. The lowest BCUT2D eigenvalue weighted by atomic mass is 10.2. The lowest BCUT2D eigenvalue weighted by Crippen LogP contribution is -2.46. The van der Waals surface area contributed by atoms with Crippen LogP contribution in [0.15, 0.2) is 0 Å². The second-order valence-electron chi connectivity index (χ2n) is 2.82. The number of amides is 1. The van der Waals surface area contributed by atoms with E-state index in [2.05, 4.69) is 10.1 Å². The summed E-state index contributed by atoms with van der Waals surface area (Å²) < 4.78 is 4.37. The number of nitrogens with one attached hydrogen (secondary N) is 1. The summed E-state index contributed by atoms with van der Waals surface area (Å²) in [6, 6.07) is -1.02. The van der Waals surface area contributed by atoms with Crippen LogP contribution in [-0.2, 0) is 14.3 Å². The smallest absolute Gasteiger partial charge is 0.330 e. The molecule has 5 nitrogen and oxygen atoms in total. The maximum atomic E-state index is 11.2. The van der Waals surface area contributed by atoms with Gasteiger partial charge in [0.25, 0.3) is 0 Å². The summed E-state index contributed by atoms with van der Waals surface area (Å²) in [5.41, 5.74) is 0. The average Bonchev–Trinajstić information content (AvgIpc) is 2.22. The topological polar surface area (TPSA) is 75.6 Å². The van der Waals surface area contributed by atoms with Crippen LogP contribution in [0.3, 0.4) is 0 Å². The van der Waals surface area contributed by atoms with Gasteiger partial charge in [0.15, 0.2) is 6.04 Å². The highest BCUT2D eigenvalue weighted by Crippen LogP contribution is 1.99. The summed E-state index contributed by atoms with van der Waals surface area (Å²) >= 11 is 5.45. The monoisotopic (exact) mass is 223 g/mol. The van der Waals surface area contributed by atoms with Crippen LogP contribution >= 0.6 is 11.6 Å². The molecule has 82 valence electrons. The van der Waals surface area contributed by atoms with E-state index < -0.39 is 24.5 Å². The molecule has 0 saturated carbocycles. The van der Waals surface area contributed by atoms with Gasteiger partial charge in [0.05, 0.1) is 13.7 Å². The molecule has 0 rings (SSSR count). The van der Waals surface area contributed by atoms with E-state index in [1.165, 1.54) is 7.11 Å². The Morgan fingerprint density at radius 1 is 1.57 bits per heavy atom. The number of carbonyl (C=O) groups is 2. The predicted molar refractivity (Wildman–Crippen MR) is 50.9 cm³/mol. The van der Waals surface area contributed by atoms with Crippen molar-refractivity contribution in [2.75, 3.05) is 19.6 Å². The Labute approximate surface area is 87.4 Å². The van der Waals surface area contributed by atoms with Gasteiger partial charge in [-0.05, 0) is 0 Å². The Bertz CT molecular complexity index is 210. The van der Waals surface area contributed by atoms with Crippen LogP contribution in [0.5, 0.6) is 0 Å². The normalized spacial score (nSPS) is 14.3. The third-order valence-electron chi connectivity index (χ3n) is 1.66. The minimum absolute atomic E-state index is 0.158. The SMILES string of the molecule is COC(=O)C(CO)NC(=O)C(C)CCl. The average molecular weight is 224 g/mol. The number of methoxy groups -OCH3 is 1. The van der Waals surface area contributed by atoms with Gasteiger partial charge in [-0.2, -0.15) is 0 Å². The van der Waals surface area contributed by atoms with Gasteiger partial charge >= 0.3 is 5.97 Å². The Kier molecular flexibility index (Phi) is 6.23. The third kappa shape index (κ3) is 3.93. The Morgan fingerprint density at radius 3 is 2.50 bits per heavy atom. The lowest BCUT2D eigenvalue weighted by molar-refractivity contribution is -0.146. The van der Waals surface area contributed by atoms with E-state index in [-0.39, 0.29) is 11.8 Å². The summed E-state index contributed by atoms with van der Waals surface area (Å²) in [6.07, 6.45) is 0. The van der Waals surface area contributed by atoms with Crippen LogP contribution in [0.1, 0.15) is 6.92 Å². The summed E-state index contributed by atoms with van der Waals surface area (Å²) in [6.45, 7) is 1.13. The van der Waals surface area contributed by atoms with E-state index >= 15 is 0 Å². The quantitative estimate of drug-likeness (QED) is 0.487. The maximum absolute atomic E-state index is 11.2. The van der Waals surface area contributed by atoms with Crippen molar-refractivity contribution in [3.05, 3.63) is 0 Å². The highest BCUT2D eigenvalue weighted by atomic mass is 35.5. The lowest BCUT2D eigenvalue weighted by Gasteiger charge is -2.15. The molecule has 2 atom stereocenters. The van der Waals surface area contributed by atoms with Gasteiger partial charge in [-0.25, -0.2) is 4.79 Å². The fraction of sp³-hybridized carbons (Fsp3) is 0.750. The van der Waals surface area contributed by atoms with Crippen LogP contribution in [0.2, 0.25) is 0 Å². The molecule has 0 spiro atoms. The van der Waals surface area contributed by atoms with Gasteiger partial charge in [0.2, 0.25) is 5.91 Å². The number of alkyl halides is 1. The fourth-order valence-electron chi connectivity index (χ4n) is 0.705.